The summed E-state index contributed by atoms with van der Waals surface area (Å²) in [5.41, 5.74) is 2.75. The number of nitrogens with one attached hydrogen (secondary N) is 2. The maximum Gasteiger partial charge on any atom is 0.351 e. The fraction of sp³-hybridized carbons (Fsp3) is 0.703. The number of nitrogen functional groups attached to an aromatic ring is 1. The van der Waals surface area contributed by atoms with Crippen LogP contribution >= 0.6 is 11.8 Å². The minimum atomic E-state index is -1.61. The molecule has 16 nitrogen and oxygen atoms in total. The Morgan fingerprint density at radius 3 is 2.34 bits per heavy atom. The van der Waals surface area contributed by atoms with Gasteiger partial charge in [0.2, 0.25) is 5.91 Å². The van der Waals surface area contributed by atoms with Crippen LogP contribution in [-0.4, -0.2) is 79.7 Å². The Kier molecular flexibility index (Phi) is 18.0. The zero-order valence-corrected chi connectivity index (χ0v) is 32.8. The number of alkyl halides is 1. The molecule has 19 heteroatoms. The van der Waals surface area contributed by atoms with E-state index in [0.29, 0.717) is 6.42 Å². The number of thioether (sulfide) groups is 1. The van der Waals surface area contributed by atoms with Crippen LogP contribution in [0.15, 0.2) is 26.8 Å². The van der Waals surface area contributed by atoms with Gasteiger partial charge in [0.25, 0.3) is 5.56 Å². The molecular weight excluding hydrogens is 759 g/mol. The van der Waals surface area contributed by atoms with E-state index in [0.717, 1.165) is 41.0 Å². The van der Waals surface area contributed by atoms with Crippen LogP contribution in [0.2, 0.25) is 0 Å². The van der Waals surface area contributed by atoms with Crippen LogP contribution in [0, 0.1) is 12.7 Å². The second-order valence-electron chi connectivity index (χ2n) is 14.1. The van der Waals surface area contributed by atoms with E-state index in [9.17, 15) is 37.5 Å². The summed E-state index contributed by atoms with van der Waals surface area (Å²) in [4.78, 5) is 80.7. The van der Waals surface area contributed by atoms with Crippen molar-refractivity contribution in [2.45, 2.75) is 146 Å². The largest absolute Gasteiger partial charge is 0.462 e. The number of nitrogens with two attached hydrogens (primary N) is 1. The number of hydrogen-bond donors (Lipinski definition) is 3. The fourth-order valence-corrected chi connectivity index (χ4v) is 7.37. The maximum atomic E-state index is 15.0. The standard InChI is InChI=1S/C37H54F2N6O10S/c1-3-4-5-6-7-8-9-10-11-12-13-14-28(46)41-26(35(49)53-20-27-24(38)17-29(54-27)44-18-23(2)34(48)43-37(44)51)15-16-31(47)52-21-32-55-30(22-56-32)45-19-25(39)33(40)42-36(45)50/h18-19,24,26-27,29-30,32H,3-17,20-22H2,1-2H3,(H,41,46)(H2,40,42,50)(H,43,48,51)/t24-,26-,27+,29+,30-,32+/m0/s1. The lowest BCUT2D eigenvalue weighted by Gasteiger charge is -2.20. The van der Waals surface area contributed by atoms with Gasteiger partial charge in [-0.2, -0.15) is 4.98 Å². The van der Waals surface area contributed by atoms with Gasteiger partial charge in [0.1, 0.15) is 49.4 Å². The highest BCUT2D eigenvalue weighted by Crippen LogP contribution is 2.32. The smallest absolute Gasteiger partial charge is 0.351 e. The molecule has 6 atom stereocenters. The van der Waals surface area contributed by atoms with Crippen molar-refractivity contribution in [1.29, 1.82) is 0 Å². The Hall–Kier alpha value is -4.10. The number of H-pyrrole nitrogens is 1. The van der Waals surface area contributed by atoms with E-state index in [2.05, 4.69) is 22.2 Å². The number of carbonyl (C=O) groups excluding carboxylic acids is 3. The van der Waals surface area contributed by atoms with Crippen molar-refractivity contribution in [3.63, 3.8) is 0 Å². The predicted octanol–water partition coefficient (Wildman–Crippen LogP) is 4.09. The van der Waals surface area contributed by atoms with Crippen LogP contribution in [0.5, 0.6) is 0 Å². The van der Waals surface area contributed by atoms with Crippen molar-refractivity contribution in [2.75, 3.05) is 24.7 Å². The van der Waals surface area contributed by atoms with E-state index >= 15 is 0 Å². The summed E-state index contributed by atoms with van der Waals surface area (Å²) in [6.07, 6.45) is 9.03. The highest BCUT2D eigenvalue weighted by atomic mass is 32.2. The minimum Gasteiger partial charge on any atom is -0.462 e. The van der Waals surface area contributed by atoms with Crippen molar-refractivity contribution in [2.24, 2.45) is 0 Å². The van der Waals surface area contributed by atoms with Gasteiger partial charge < -0.3 is 30.0 Å². The molecule has 0 bridgehead atoms. The molecular formula is C37H54F2N6O10S. The van der Waals surface area contributed by atoms with Crippen molar-refractivity contribution in [3.8, 4) is 0 Å². The van der Waals surface area contributed by atoms with Crippen LogP contribution in [-0.2, 0) is 33.3 Å². The third kappa shape index (κ3) is 13.8. The summed E-state index contributed by atoms with van der Waals surface area (Å²) in [7, 11) is 0. The molecule has 0 radical (unpaired) electrons. The molecule has 0 spiro atoms. The van der Waals surface area contributed by atoms with Crippen molar-refractivity contribution >= 4 is 35.4 Å². The Labute approximate surface area is 327 Å². The molecule has 4 N–H and O–H groups in total. The monoisotopic (exact) mass is 812 g/mol. The molecule has 2 aliphatic heterocycles. The summed E-state index contributed by atoms with van der Waals surface area (Å²) >= 11 is 1.23. The molecule has 2 aromatic rings. The summed E-state index contributed by atoms with van der Waals surface area (Å²) in [6, 6.07) is -1.26. The van der Waals surface area contributed by atoms with Crippen LogP contribution in [0.1, 0.15) is 121 Å². The number of amides is 1. The SMILES string of the molecule is CCCCCCCCCCCCCC(=O)N[C@@H](CCC(=O)OC[C@@H]1O[C@H](n2cc(F)c(N)nc2=O)CS1)C(=O)OC[C@H]1O[C@@H](n2cc(C)c(=O)[nH]c2=O)C[C@@H]1F. The molecule has 0 aromatic carbocycles. The zero-order valence-electron chi connectivity index (χ0n) is 32.0. The number of esters is 2. The number of aromatic nitrogens is 4. The van der Waals surface area contributed by atoms with Gasteiger partial charge in [0.15, 0.2) is 11.6 Å². The number of aryl methyl sites for hydroxylation is 1. The van der Waals surface area contributed by atoms with Gasteiger partial charge in [-0.05, 0) is 19.8 Å². The number of ether oxygens (including phenoxy) is 4. The molecule has 2 aliphatic rings. The molecule has 0 aliphatic carbocycles. The Morgan fingerprint density at radius 1 is 0.964 bits per heavy atom. The lowest BCUT2D eigenvalue weighted by molar-refractivity contribution is -0.154. The van der Waals surface area contributed by atoms with E-state index in [1.807, 2.05) is 0 Å². The summed E-state index contributed by atoms with van der Waals surface area (Å²) in [6.45, 7) is 2.94. The number of rotatable bonds is 23. The molecule has 312 valence electrons. The van der Waals surface area contributed by atoms with Crippen LogP contribution < -0.4 is 28.0 Å². The van der Waals surface area contributed by atoms with Gasteiger partial charge in [-0.1, -0.05) is 71.1 Å². The number of unbranched alkanes of at least 4 members (excludes halogenated alkanes) is 10. The second kappa shape index (κ2) is 22.6. The molecule has 0 saturated carbocycles. The van der Waals surface area contributed by atoms with Gasteiger partial charge >= 0.3 is 23.3 Å². The molecule has 56 heavy (non-hydrogen) atoms. The topological polar surface area (TPSA) is 216 Å². The maximum absolute atomic E-state index is 15.0. The molecule has 2 saturated heterocycles. The van der Waals surface area contributed by atoms with E-state index in [1.54, 1.807) is 0 Å². The molecule has 0 unspecified atom stereocenters. The number of carbonyl (C=O) groups is 3. The van der Waals surface area contributed by atoms with Gasteiger partial charge in [0, 0.05) is 36.8 Å². The van der Waals surface area contributed by atoms with Crippen molar-refractivity contribution in [3.05, 3.63) is 55.1 Å². The molecule has 4 heterocycles. The zero-order chi connectivity index (χ0) is 40.6. The summed E-state index contributed by atoms with van der Waals surface area (Å²) in [5.74, 6) is -3.19. The highest BCUT2D eigenvalue weighted by Gasteiger charge is 2.38. The third-order valence-electron chi connectivity index (χ3n) is 9.63. The average Bonchev–Trinajstić information content (AvgIpc) is 3.79. The highest BCUT2D eigenvalue weighted by molar-refractivity contribution is 8.00. The lowest BCUT2D eigenvalue weighted by atomic mass is 10.0. The number of halogens is 2. The summed E-state index contributed by atoms with van der Waals surface area (Å²) < 4.78 is 53.0. The first-order valence-electron chi connectivity index (χ1n) is 19.4. The van der Waals surface area contributed by atoms with Gasteiger partial charge in [-0.3, -0.25) is 28.5 Å². The van der Waals surface area contributed by atoms with Gasteiger partial charge in [-0.25, -0.2) is 23.2 Å². The number of anilines is 1. The second-order valence-corrected chi connectivity index (χ2v) is 15.3. The van der Waals surface area contributed by atoms with E-state index in [4.69, 9.17) is 24.7 Å². The minimum absolute atomic E-state index is 0.159. The first-order chi connectivity index (χ1) is 26.9. The van der Waals surface area contributed by atoms with E-state index in [-0.39, 0.29) is 43.6 Å². The number of hydrogen-bond acceptors (Lipinski definition) is 13. The lowest BCUT2D eigenvalue weighted by Crippen LogP contribution is -2.43. The normalized spacial score (nSPS) is 21.2. The number of aromatic amines is 1. The van der Waals surface area contributed by atoms with Gasteiger partial charge in [0.05, 0.1) is 6.20 Å². The van der Waals surface area contributed by atoms with Crippen LogP contribution in [0.3, 0.4) is 0 Å². The number of nitrogens with zero attached hydrogens (tertiary/aromatic N) is 3. The predicted molar refractivity (Wildman–Crippen MR) is 203 cm³/mol. The van der Waals surface area contributed by atoms with E-state index in [1.165, 1.54) is 63.4 Å². The third-order valence-corrected chi connectivity index (χ3v) is 10.7. The average molecular weight is 813 g/mol. The molecule has 2 fully saturated rings. The molecule has 2 aromatic heterocycles. The first kappa shape index (κ1) is 44.6. The van der Waals surface area contributed by atoms with Gasteiger partial charge in [-0.15, -0.1) is 11.8 Å². The van der Waals surface area contributed by atoms with Crippen LogP contribution in [0.25, 0.3) is 0 Å². The van der Waals surface area contributed by atoms with Crippen molar-refractivity contribution < 1.29 is 42.1 Å². The Morgan fingerprint density at radius 2 is 1.64 bits per heavy atom. The molecule has 4 rings (SSSR count). The van der Waals surface area contributed by atoms with E-state index < -0.39 is 89.2 Å². The van der Waals surface area contributed by atoms with Crippen LogP contribution in [0.4, 0.5) is 14.6 Å². The fourth-order valence-electron chi connectivity index (χ4n) is 6.38. The van der Waals surface area contributed by atoms with Crippen molar-refractivity contribution in [1.82, 2.24) is 24.4 Å². The first-order valence-corrected chi connectivity index (χ1v) is 20.5. The summed E-state index contributed by atoms with van der Waals surface area (Å²) in [5, 5.41) is 2.64. The quantitative estimate of drug-likeness (QED) is 0.107. The molecule has 1 amide bonds. The Balaban J connectivity index is 1.26. The Bertz CT molecular complexity index is 1790.